The number of esters is 2. The molecular weight excluding hydrogens is 594 g/mol. The van der Waals surface area contributed by atoms with Gasteiger partial charge in [0.2, 0.25) is 0 Å². The molecule has 41 heavy (non-hydrogen) atoms. The number of para-hydroxylation sites is 2. The second kappa shape index (κ2) is 19.1. The van der Waals surface area contributed by atoms with Gasteiger partial charge in [-0.1, -0.05) is 25.3 Å². The Morgan fingerprint density at radius 3 is 1.29 bits per heavy atom. The Morgan fingerprint density at radius 2 is 1.02 bits per heavy atom. The van der Waals surface area contributed by atoms with E-state index in [1.807, 2.05) is 0 Å². The van der Waals surface area contributed by atoms with Crippen molar-refractivity contribution < 1.29 is 78.0 Å². The van der Waals surface area contributed by atoms with Crippen molar-refractivity contribution in [1.82, 2.24) is 0 Å². The zero-order valence-electron chi connectivity index (χ0n) is 22.9. The number of hydrogen-bond acceptors (Lipinski definition) is 10. The average Bonchev–Trinajstić information content (AvgIpc) is 2.90. The van der Waals surface area contributed by atoms with E-state index in [0.717, 1.165) is 0 Å². The maximum Gasteiger partial charge on any atom is 0.339 e. The second-order valence-electron chi connectivity index (χ2n) is 8.07. The molecule has 2 aromatic carbocycles. The van der Waals surface area contributed by atoms with Gasteiger partial charge in [0.1, 0.15) is 11.1 Å². The first-order valence-electron chi connectivity index (χ1n) is 11.9. The van der Waals surface area contributed by atoms with Gasteiger partial charge in [-0.05, 0) is 38.1 Å². The number of benzene rings is 2. The largest absolute Gasteiger partial charge is 0.490 e. The number of carbonyl (C=O) groups excluding carboxylic acids is 2. The molecule has 0 aromatic heterocycles. The van der Waals surface area contributed by atoms with Crippen LogP contribution in [0.2, 0.25) is 0 Å². The Hall–Kier alpha value is -4.06. The van der Waals surface area contributed by atoms with Crippen molar-refractivity contribution in [3.05, 3.63) is 71.8 Å². The Morgan fingerprint density at radius 1 is 0.683 bits per heavy atom. The molecule has 0 saturated carbocycles. The molecule has 0 heterocycles. The zero-order valence-corrected chi connectivity index (χ0v) is 25.9. The number of aliphatic hydroxyl groups is 2. The van der Waals surface area contributed by atoms with Crippen LogP contribution in [-0.4, -0.2) is 70.7 Å². The van der Waals surface area contributed by atoms with Gasteiger partial charge >= 0.3 is 23.9 Å². The Labute approximate surface area is 249 Å². The summed E-state index contributed by atoms with van der Waals surface area (Å²) < 4.78 is 20.7. The number of ether oxygens (including phenoxy) is 4. The maximum atomic E-state index is 11.6. The molecule has 0 aliphatic heterocycles. The SMILES string of the molecule is C=C(C)C(=O)Oc1c(OCCCO)cccc1C(=O)O.C=C(C)C(=O)Oc1c(OCCCO)cccc1C(=O)O.[Zn]. The van der Waals surface area contributed by atoms with E-state index in [9.17, 15) is 19.2 Å². The van der Waals surface area contributed by atoms with Gasteiger partial charge in [-0.3, -0.25) is 0 Å². The molecule has 0 aliphatic rings. The second-order valence-corrected chi connectivity index (χ2v) is 8.07. The number of carbonyl (C=O) groups is 4. The van der Waals surface area contributed by atoms with E-state index in [1.165, 1.54) is 50.2 Å². The number of aromatic carboxylic acids is 2. The number of hydrogen-bond donors (Lipinski definition) is 4. The fourth-order valence-electron chi connectivity index (χ4n) is 2.66. The molecule has 0 amide bonds. The molecule has 218 valence electrons. The summed E-state index contributed by atoms with van der Waals surface area (Å²) in [6.45, 7) is 10.0. The van der Waals surface area contributed by atoms with Crippen LogP contribution in [0.1, 0.15) is 47.4 Å². The number of rotatable bonds is 14. The van der Waals surface area contributed by atoms with E-state index < -0.39 is 23.9 Å². The van der Waals surface area contributed by atoms with Crippen molar-refractivity contribution in [2.24, 2.45) is 0 Å². The maximum absolute atomic E-state index is 11.6. The standard InChI is InChI=1S/2C14H16O6.Zn/c2*1-9(2)14(18)20-12-10(13(16)17)5-3-6-11(12)19-8-4-7-15;/h2*3,5-6,15H,1,4,7-8H2,2H3,(H,16,17);. The van der Waals surface area contributed by atoms with Crippen molar-refractivity contribution in [3.63, 3.8) is 0 Å². The Bertz CT molecular complexity index is 1140. The van der Waals surface area contributed by atoms with E-state index in [-0.39, 0.29) is 91.2 Å². The van der Waals surface area contributed by atoms with Gasteiger partial charge in [0, 0.05) is 56.7 Å². The van der Waals surface area contributed by atoms with Crippen molar-refractivity contribution in [3.8, 4) is 23.0 Å². The molecule has 2 rings (SSSR count). The summed E-state index contributed by atoms with van der Waals surface area (Å²) in [6, 6.07) is 8.56. The predicted octanol–water partition coefficient (Wildman–Crippen LogP) is 3.25. The summed E-state index contributed by atoms with van der Waals surface area (Å²) in [5.41, 5.74) is -0.0693. The van der Waals surface area contributed by atoms with E-state index >= 15 is 0 Å². The molecular formula is C28H32O12Zn. The van der Waals surface area contributed by atoms with Gasteiger partial charge in [0.15, 0.2) is 23.0 Å². The van der Waals surface area contributed by atoms with E-state index in [0.29, 0.717) is 12.8 Å². The molecule has 0 spiro atoms. The summed E-state index contributed by atoms with van der Waals surface area (Å²) in [5, 5.41) is 35.6. The monoisotopic (exact) mass is 624 g/mol. The van der Waals surface area contributed by atoms with Crippen LogP contribution in [0.3, 0.4) is 0 Å². The predicted molar refractivity (Wildman–Crippen MR) is 142 cm³/mol. The van der Waals surface area contributed by atoms with Crippen LogP contribution < -0.4 is 18.9 Å². The summed E-state index contributed by atoms with van der Waals surface area (Å²) in [7, 11) is 0. The van der Waals surface area contributed by atoms with Crippen LogP contribution in [0.15, 0.2) is 60.7 Å². The van der Waals surface area contributed by atoms with Crippen molar-refractivity contribution in [2.75, 3.05) is 26.4 Å². The molecule has 12 nitrogen and oxygen atoms in total. The third-order valence-corrected chi connectivity index (χ3v) is 4.63. The minimum Gasteiger partial charge on any atom is -0.490 e. The van der Waals surface area contributed by atoms with E-state index in [2.05, 4.69) is 13.2 Å². The molecule has 0 fully saturated rings. The zero-order chi connectivity index (χ0) is 30.2. The summed E-state index contributed by atoms with van der Waals surface area (Å²) in [6.07, 6.45) is 0.760. The summed E-state index contributed by atoms with van der Waals surface area (Å²) in [4.78, 5) is 45.4. The summed E-state index contributed by atoms with van der Waals surface area (Å²) in [5.74, 6) is -3.99. The molecule has 0 atom stereocenters. The van der Waals surface area contributed by atoms with Crippen LogP contribution >= 0.6 is 0 Å². The fourth-order valence-corrected chi connectivity index (χ4v) is 2.66. The smallest absolute Gasteiger partial charge is 0.339 e. The normalized spacial score (nSPS) is 9.66. The fraction of sp³-hybridized carbons (Fsp3) is 0.286. The molecule has 0 radical (unpaired) electrons. The molecule has 4 N–H and O–H groups in total. The number of aliphatic hydroxyl groups excluding tert-OH is 2. The van der Waals surface area contributed by atoms with Gasteiger partial charge in [-0.15, -0.1) is 0 Å². The first-order chi connectivity index (χ1) is 18.9. The van der Waals surface area contributed by atoms with Gasteiger partial charge in [-0.25, -0.2) is 19.2 Å². The molecule has 0 unspecified atom stereocenters. The van der Waals surface area contributed by atoms with Gasteiger partial charge in [-0.2, -0.15) is 0 Å². The van der Waals surface area contributed by atoms with Crippen LogP contribution in [0.4, 0.5) is 0 Å². The van der Waals surface area contributed by atoms with Crippen LogP contribution in [-0.2, 0) is 29.1 Å². The molecule has 0 saturated heterocycles. The molecule has 2 aromatic rings. The molecule has 0 aliphatic carbocycles. The Balaban J connectivity index is 0.000000762. The van der Waals surface area contributed by atoms with E-state index in [4.69, 9.17) is 39.4 Å². The number of carboxylic acid groups (broad SMARTS) is 2. The summed E-state index contributed by atoms with van der Waals surface area (Å²) >= 11 is 0. The van der Waals surface area contributed by atoms with Crippen LogP contribution in [0.5, 0.6) is 23.0 Å². The number of carboxylic acids is 2. The first kappa shape index (κ1) is 36.9. The van der Waals surface area contributed by atoms with E-state index in [1.54, 1.807) is 0 Å². The first-order valence-corrected chi connectivity index (χ1v) is 11.9. The molecule has 13 heteroatoms. The Kier molecular flexibility index (Phi) is 17.2. The topological polar surface area (TPSA) is 186 Å². The van der Waals surface area contributed by atoms with Crippen LogP contribution in [0.25, 0.3) is 0 Å². The third-order valence-electron chi connectivity index (χ3n) is 4.63. The van der Waals surface area contributed by atoms with Crippen molar-refractivity contribution >= 4 is 23.9 Å². The minimum absolute atomic E-state index is 0. The minimum atomic E-state index is -1.23. The van der Waals surface area contributed by atoms with Crippen molar-refractivity contribution in [1.29, 1.82) is 0 Å². The molecule has 0 bridgehead atoms. The average molecular weight is 626 g/mol. The van der Waals surface area contributed by atoms with Crippen LogP contribution in [0, 0.1) is 0 Å². The van der Waals surface area contributed by atoms with Gasteiger partial charge in [0.25, 0.3) is 0 Å². The van der Waals surface area contributed by atoms with Gasteiger partial charge in [0.05, 0.1) is 13.2 Å². The quantitative estimate of drug-likeness (QED) is 0.0790. The van der Waals surface area contributed by atoms with Gasteiger partial charge < -0.3 is 39.4 Å². The third kappa shape index (κ3) is 12.3. The van der Waals surface area contributed by atoms with Crippen molar-refractivity contribution in [2.45, 2.75) is 26.7 Å².